The predicted octanol–water partition coefficient (Wildman–Crippen LogP) is 7.26. The van der Waals surface area contributed by atoms with E-state index in [4.69, 9.17) is 0 Å². The summed E-state index contributed by atoms with van der Waals surface area (Å²) in [5.74, 6) is 0.573. The van der Waals surface area contributed by atoms with Gasteiger partial charge >= 0.3 is 99.2 Å². The monoisotopic (exact) mass is 780 g/mol. The number of hydrogen-bond donors (Lipinski definition) is 0. The molecule has 0 saturated heterocycles. The molecule has 1 atom stereocenters. The first-order valence-electron chi connectivity index (χ1n) is 17.7. The van der Waals surface area contributed by atoms with Gasteiger partial charge in [0.1, 0.15) is 0 Å². The molecule has 264 valence electrons. The fraction of sp³-hybridized carbons (Fsp3) is 0.362. The third-order valence-corrected chi connectivity index (χ3v) is 10.6. The van der Waals surface area contributed by atoms with Crippen LogP contribution in [0.25, 0.3) is 21.5 Å². The summed E-state index contributed by atoms with van der Waals surface area (Å²) in [5, 5.41) is 5.49. The molecule has 0 aliphatic heterocycles. The van der Waals surface area contributed by atoms with Gasteiger partial charge in [-0.05, 0) is 10.8 Å². The van der Waals surface area contributed by atoms with Crippen molar-refractivity contribution in [1.29, 1.82) is 0 Å². The van der Waals surface area contributed by atoms with Gasteiger partial charge in [-0.2, -0.15) is 11.6 Å². The van der Waals surface area contributed by atoms with Crippen molar-refractivity contribution in [2.24, 2.45) is 11.3 Å². The van der Waals surface area contributed by atoms with Gasteiger partial charge in [0.05, 0.1) is 0 Å². The fourth-order valence-electron chi connectivity index (χ4n) is 6.17. The molecule has 0 bridgehead atoms. The van der Waals surface area contributed by atoms with E-state index in [-0.39, 0.29) is 35.6 Å². The van der Waals surface area contributed by atoms with E-state index >= 15 is 0 Å². The first kappa shape index (κ1) is 43.7. The van der Waals surface area contributed by atoms with Crippen LogP contribution in [-0.2, 0) is 35.1 Å². The molecule has 0 saturated carbocycles. The van der Waals surface area contributed by atoms with E-state index in [1.54, 1.807) is 0 Å². The second-order valence-corrected chi connectivity index (χ2v) is 17.4. The average molecular weight is 783 g/mol. The summed E-state index contributed by atoms with van der Waals surface area (Å²) >= 11 is 1.46. The van der Waals surface area contributed by atoms with Crippen LogP contribution in [0.2, 0.25) is 0 Å². The summed E-state index contributed by atoms with van der Waals surface area (Å²) in [6.45, 7) is 25.0. The molecule has 0 aromatic heterocycles. The van der Waals surface area contributed by atoms with E-state index < -0.39 is 0 Å². The number of allylic oxidation sites excluding steroid dienone is 4. The number of rotatable bonds is 4. The van der Waals surface area contributed by atoms with Crippen molar-refractivity contribution in [3.8, 4) is 0 Å². The van der Waals surface area contributed by atoms with E-state index in [1.165, 1.54) is 88.8 Å². The number of fused-ring (bicyclic) bond motifs is 3. The topological polar surface area (TPSA) is 0 Å². The molecule has 0 spiro atoms. The van der Waals surface area contributed by atoms with E-state index in [9.17, 15) is 0 Å². The molecule has 1 aliphatic carbocycles. The normalized spacial score (nSPS) is 14.3. The Morgan fingerprint density at radius 3 is 1.36 bits per heavy atom. The van der Waals surface area contributed by atoms with Gasteiger partial charge in [0.15, 0.2) is 0 Å². The minimum atomic E-state index is 0. The number of hydrogen-bond acceptors (Lipinski definition) is 0. The zero-order chi connectivity index (χ0) is 35.3. The Morgan fingerprint density at radius 1 is 0.620 bits per heavy atom. The van der Waals surface area contributed by atoms with Crippen molar-refractivity contribution in [3.63, 3.8) is 0 Å². The van der Waals surface area contributed by atoms with Crippen LogP contribution in [-0.4, -0.2) is 3.21 Å². The summed E-state index contributed by atoms with van der Waals surface area (Å²) in [7, 11) is 0. The van der Waals surface area contributed by atoms with Crippen LogP contribution < -0.4 is 24.8 Å². The summed E-state index contributed by atoms with van der Waals surface area (Å²) in [6.07, 6.45) is 8.28. The van der Waals surface area contributed by atoms with Crippen molar-refractivity contribution in [1.82, 2.24) is 0 Å². The molecule has 5 aromatic carbocycles. The summed E-state index contributed by atoms with van der Waals surface area (Å²) in [5.41, 5.74) is 9.11. The Morgan fingerprint density at radius 2 is 1.04 bits per heavy atom. The first-order valence-corrected chi connectivity index (χ1v) is 18.9. The summed E-state index contributed by atoms with van der Waals surface area (Å²) < 4.78 is 1.42. The Balaban J connectivity index is 0.000000265. The molecule has 0 radical (unpaired) electrons. The first-order chi connectivity index (χ1) is 22.5. The van der Waals surface area contributed by atoms with Crippen LogP contribution in [0.1, 0.15) is 111 Å². The van der Waals surface area contributed by atoms with Gasteiger partial charge < -0.3 is 24.8 Å². The molecule has 0 fully saturated rings. The quantitative estimate of drug-likeness (QED) is 0.169. The van der Waals surface area contributed by atoms with Crippen molar-refractivity contribution in [3.05, 3.63) is 149 Å². The summed E-state index contributed by atoms with van der Waals surface area (Å²) in [6, 6.07) is 37.3. The van der Waals surface area contributed by atoms with Gasteiger partial charge in [-0.3, -0.25) is 6.08 Å². The number of benzene rings is 4. The second kappa shape index (κ2) is 18.4. The third kappa shape index (κ3) is 11.3. The molecule has 50 heavy (non-hydrogen) atoms. The zero-order valence-electron chi connectivity index (χ0n) is 32.1. The minimum absolute atomic E-state index is 0. The van der Waals surface area contributed by atoms with Gasteiger partial charge in [-0.25, -0.2) is 5.57 Å². The second-order valence-electron chi connectivity index (χ2n) is 16.2. The molecule has 0 nitrogen and oxygen atoms in total. The van der Waals surface area contributed by atoms with Gasteiger partial charge in [0.25, 0.3) is 0 Å². The van der Waals surface area contributed by atoms with Gasteiger partial charge in [-0.1, -0.05) is 136 Å². The van der Waals surface area contributed by atoms with E-state index in [0.29, 0.717) is 11.3 Å². The van der Waals surface area contributed by atoms with Crippen LogP contribution in [0.3, 0.4) is 0 Å². The molecule has 6 rings (SSSR count). The SMILES string of the molecule is CC(C)(C)c1ccc2[cH-]c3ccc(C(C)(C)C)cc3c2c1.CCC1=[C-]C(CC)C=C1C(C)(C)C.[Cl-].[Cl-].[Zr+2]=[C](c1ccccc1)c1ccccc1. The maximum atomic E-state index is 3.57. The average Bonchev–Trinajstić information content (AvgIpc) is 3.66. The Bertz CT molecular complexity index is 1780. The Labute approximate surface area is 331 Å². The Hall–Kier alpha value is -2.44. The fourth-order valence-corrected chi connectivity index (χ4v) is 6.99. The van der Waals surface area contributed by atoms with Crippen LogP contribution in [0, 0.1) is 17.4 Å². The number of halogens is 2. The molecular formula is C47H56Cl2Zr-2. The van der Waals surface area contributed by atoms with Crippen molar-refractivity contribution < 1.29 is 49.0 Å². The Kier molecular flexibility index (Phi) is 16.1. The molecule has 0 amide bonds. The van der Waals surface area contributed by atoms with Crippen LogP contribution >= 0.6 is 0 Å². The van der Waals surface area contributed by atoms with Crippen LogP contribution in [0.4, 0.5) is 0 Å². The standard InChI is InChI=1S/C21H25.C13H10.C13H21.2ClH.Zr/c1-20(2,3)16-9-7-14-11-15-8-10-17(21(4,5)6)13-19(15)18(14)12-16;1-3-7-12(8-4-1)11-13-9-5-2-6-10-13;1-6-10-8-11(7-2)12(9-10)13(3,4)5;;;/h7-13H,1-6H3;1-10H;9-10H,6-7H2,1-5H3;2*1H;/q-1;;-1;;;+2/p-2. The molecule has 5 aromatic rings. The molecule has 0 heterocycles. The zero-order valence-corrected chi connectivity index (χ0v) is 36.1. The van der Waals surface area contributed by atoms with E-state index in [0.717, 1.165) is 6.42 Å². The molecule has 3 heteroatoms. The molecular weight excluding hydrogens is 727 g/mol. The summed E-state index contributed by atoms with van der Waals surface area (Å²) in [4.78, 5) is 0. The van der Waals surface area contributed by atoms with E-state index in [1.807, 2.05) is 0 Å². The molecule has 1 aliphatic rings. The third-order valence-electron chi connectivity index (χ3n) is 9.22. The van der Waals surface area contributed by atoms with Gasteiger partial charge in [0, 0.05) is 0 Å². The van der Waals surface area contributed by atoms with Crippen LogP contribution in [0.5, 0.6) is 0 Å². The van der Waals surface area contributed by atoms with Gasteiger partial charge in [-0.15, -0.1) is 39.7 Å². The predicted molar refractivity (Wildman–Crippen MR) is 209 cm³/mol. The van der Waals surface area contributed by atoms with Crippen molar-refractivity contribution >= 4 is 24.8 Å². The van der Waals surface area contributed by atoms with Crippen molar-refractivity contribution in [2.45, 2.75) is 99.8 Å². The molecule has 1 unspecified atom stereocenters. The molecule has 0 N–H and O–H groups in total. The maximum absolute atomic E-state index is 3.57. The van der Waals surface area contributed by atoms with Crippen molar-refractivity contribution in [2.75, 3.05) is 0 Å². The van der Waals surface area contributed by atoms with Gasteiger partial charge in [0.2, 0.25) is 0 Å². The van der Waals surface area contributed by atoms with Crippen LogP contribution in [0.15, 0.2) is 120 Å². The van der Waals surface area contributed by atoms with E-state index in [2.05, 4.69) is 191 Å².